The summed E-state index contributed by atoms with van der Waals surface area (Å²) in [5.74, 6) is 0.126. The zero-order valence-electron chi connectivity index (χ0n) is 18.3. The quantitative estimate of drug-likeness (QED) is 0.614. The molecule has 1 saturated heterocycles. The summed E-state index contributed by atoms with van der Waals surface area (Å²) in [6.07, 6.45) is 1.74. The van der Waals surface area contributed by atoms with E-state index in [1.165, 1.54) is 12.1 Å². The Bertz CT molecular complexity index is 1060. The van der Waals surface area contributed by atoms with Gasteiger partial charge < -0.3 is 14.8 Å². The Morgan fingerprint density at radius 1 is 1.19 bits per heavy atom. The van der Waals surface area contributed by atoms with E-state index in [0.29, 0.717) is 31.2 Å². The smallest absolute Gasteiger partial charge is 0.271 e. The van der Waals surface area contributed by atoms with Crippen molar-refractivity contribution in [3.63, 3.8) is 0 Å². The maximum absolute atomic E-state index is 13.4. The maximum Gasteiger partial charge on any atom is 0.271 e. The van der Waals surface area contributed by atoms with Gasteiger partial charge in [0, 0.05) is 25.8 Å². The van der Waals surface area contributed by atoms with Crippen LogP contribution >= 0.6 is 0 Å². The van der Waals surface area contributed by atoms with Gasteiger partial charge in [-0.25, -0.2) is 9.07 Å². The minimum absolute atomic E-state index is 0.0811. The normalized spacial score (nSPS) is 15.3. The lowest BCUT2D eigenvalue weighted by atomic mass is 10.0. The number of morpholine rings is 1. The van der Waals surface area contributed by atoms with E-state index in [1.54, 1.807) is 36.2 Å². The van der Waals surface area contributed by atoms with Crippen molar-refractivity contribution in [3.05, 3.63) is 77.4 Å². The fraction of sp³-hybridized carbons (Fsp3) is 0.333. The van der Waals surface area contributed by atoms with Crippen molar-refractivity contribution in [2.45, 2.75) is 13.0 Å². The van der Waals surface area contributed by atoms with Gasteiger partial charge in [-0.05, 0) is 48.4 Å². The molecule has 1 aromatic heterocycles. The third kappa shape index (κ3) is 4.98. The highest BCUT2D eigenvalue weighted by Crippen LogP contribution is 2.24. The van der Waals surface area contributed by atoms with Crippen LogP contribution in [0.5, 0.6) is 5.75 Å². The van der Waals surface area contributed by atoms with Crippen LogP contribution in [-0.4, -0.2) is 60.5 Å². The highest BCUT2D eigenvalue weighted by molar-refractivity contribution is 5.92. The zero-order valence-corrected chi connectivity index (χ0v) is 18.3. The van der Waals surface area contributed by atoms with E-state index in [9.17, 15) is 9.18 Å². The largest absolute Gasteiger partial charge is 0.494 e. The predicted octanol–water partition coefficient (Wildman–Crippen LogP) is 3.13. The van der Waals surface area contributed by atoms with E-state index < -0.39 is 0 Å². The molecule has 0 spiro atoms. The third-order valence-electron chi connectivity index (χ3n) is 5.60. The van der Waals surface area contributed by atoms with Gasteiger partial charge in [-0.2, -0.15) is 5.10 Å². The van der Waals surface area contributed by atoms with Gasteiger partial charge in [-0.3, -0.25) is 9.69 Å². The molecule has 2 aromatic carbocycles. The van der Waals surface area contributed by atoms with Crippen molar-refractivity contribution in [1.82, 2.24) is 20.0 Å². The first-order valence-corrected chi connectivity index (χ1v) is 10.6. The summed E-state index contributed by atoms with van der Waals surface area (Å²) < 4.78 is 25.9. The Morgan fingerprint density at radius 2 is 1.94 bits per heavy atom. The van der Waals surface area contributed by atoms with Crippen molar-refractivity contribution >= 4 is 5.91 Å². The standard InChI is InChI=1S/C24H27FN4O3/c1-17-3-8-23(31-2)21(15-17)29-10-9-20(27-29)24(30)26-16-22(28-11-13-32-14-12-28)18-4-6-19(25)7-5-18/h3-10,15,22H,11-14,16H2,1-2H3,(H,26,30). The van der Waals surface area contributed by atoms with E-state index >= 15 is 0 Å². The molecule has 8 heteroatoms. The lowest BCUT2D eigenvalue weighted by molar-refractivity contribution is 0.0162. The SMILES string of the molecule is COc1ccc(C)cc1-n1ccc(C(=O)NCC(c2ccc(F)cc2)N2CCOCC2)n1. The molecule has 1 amide bonds. The minimum Gasteiger partial charge on any atom is -0.494 e. The number of rotatable bonds is 7. The summed E-state index contributed by atoms with van der Waals surface area (Å²) in [6, 6.07) is 13.8. The number of ether oxygens (including phenoxy) is 2. The highest BCUT2D eigenvalue weighted by atomic mass is 19.1. The summed E-state index contributed by atoms with van der Waals surface area (Å²) in [6.45, 7) is 5.13. The average Bonchev–Trinajstić information content (AvgIpc) is 3.31. The number of aryl methyl sites for hydroxylation is 1. The molecule has 0 bridgehead atoms. The zero-order chi connectivity index (χ0) is 22.5. The minimum atomic E-state index is -0.282. The molecule has 168 valence electrons. The fourth-order valence-electron chi connectivity index (χ4n) is 3.87. The molecule has 7 nitrogen and oxygen atoms in total. The summed E-state index contributed by atoms with van der Waals surface area (Å²) in [5, 5.41) is 7.44. The molecule has 4 rings (SSSR count). The van der Waals surface area contributed by atoms with Crippen LogP contribution < -0.4 is 10.1 Å². The average molecular weight is 439 g/mol. The summed E-state index contributed by atoms with van der Waals surface area (Å²) >= 11 is 0. The molecule has 0 saturated carbocycles. The van der Waals surface area contributed by atoms with Crippen molar-refractivity contribution in [1.29, 1.82) is 0 Å². The number of methoxy groups -OCH3 is 1. The van der Waals surface area contributed by atoms with Crippen LogP contribution in [-0.2, 0) is 4.74 Å². The van der Waals surface area contributed by atoms with Crippen LogP contribution in [0, 0.1) is 12.7 Å². The number of halogens is 1. The topological polar surface area (TPSA) is 68.6 Å². The first-order valence-electron chi connectivity index (χ1n) is 10.6. The van der Waals surface area contributed by atoms with Crippen LogP contribution in [0.25, 0.3) is 5.69 Å². The van der Waals surface area contributed by atoms with Gasteiger partial charge in [-0.15, -0.1) is 0 Å². The summed E-state index contributed by atoms with van der Waals surface area (Å²) in [5.41, 5.74) is 3.09. The fourth-order valence-corrected chi connectivity index (χ4v) is 3.87. The molecule has 3 aromatic rings. The van der Waals surface area contributed by atoms with Gasteiger partial charge in [0.05, 0.1) is 26.4 Å². The van der Waals surface area contributed by atoms with Gasteiger partial charge in [-0.1, -0.05) is 18.2 Å². The monoisotopic (exact) mass is 438 g/mol. The number of nitrogens with zero attached hydrogens (tertiary/aromatic N) is 3. The molecule has 32 heavy (non-hydrogen) atoms. The Morgan fingerprint density at radius 3 is 2.66 bits per heavy atom. The first kappa shape index (κ1) is 22.0. The number of hydrogen-bond acceptors (Lipinski definition) is 5. The third-order valence-corrected chi connectivity index (χ3v) is 5.60. The van der Waals surface area contributed by atoms with Crippen molar-refractivity contribution in [2.75, 3.05) is 40.0 Å². The van der Waals surface area contributed by atoms with Crippen LogP contribution in [0.4, 0.5) is 4.39 Å². The van der Waals surface area contributed by atoms with Gasteiger partial charge in [0.25, 0.3) is 5.91 Å². The Kier molecular flexibility index (Phi) is 6.82. The molecule has 2 heterocycles. The molecule has 1 fully saturated rings. The van der Waals surface area contributed by atoms with Crippen LogP contribution in [0.2, 0.25) is 0 Å². The molecule has 0 radical (unpaired) electrons. The van der Waals surface area contributed by atoms with Crippen molar-refractivity contribution < 1.29 is 18.7 Å². The number of nitrogens with one attached hydrogen (secondary N) is 1. The van der Waals surface area contributed by atoms with Crippen LogP contribution in [0.15, 0.2) is 54.7 Å². The molecular weight excluding hydrogens is 411 g/mol. The van der Waals surface area contributed by atoms with Crippen molar-refractivity contribution in [2.24, 2.45) is 0 Å². The van der Waals surface area contributed by atoms with E-state index in [1.807, 2.05) is 25.1 Å². The number of carbonyl (C=O) groups excluding carboxylic acids is 1. The number of carbonyl (C=O) groups is 1. The predicted molar refractivity (Wildman–Crippen MR) is 119 cm³/mol. The molecule has 1 atom stereocenters. The Balaban J connectivity index is 1.49. The lowest BCUT2D eigenvalue weighted by Crippen LogP contribution is -2.43. The van der Waals surface area contributed by atoms with Gasteiger partial charge >= 0.3 is 0 Å². The second-order valence-electron chi connectivity index (χ2n) is 7.75. The lowest BCUT2D eigenvalue weighted by Gasteiger charge is -2.34. The molecule has 1 N–H and O–H groups in total. The number of benzene rings is 2. The number of hydrogen-bond donors (Lipinski definition) is 1. The number of aromatic nitrogens is 2. The van der Waals surface area contributed by atoms with Gasteiger partial charge in [0.15, 0.2) is 5.69 Å². The Labute approximate surface area is 186 Å². The van der Waals surface area contributed by atoms with E-state index in [2.05, 4.69) is 15.3 Å². The highest BCUT2D eigenvalue weighted by Gasteiger charge is 2.24. The second-order valence-corrected chi connectivity index (χ2v) is 7.75. The summed E-state index contributed by atoms with van der Waals surface area (Å²) in [4.78, 5) is 15.1. The van der Waals surface area contributed by atoms with Gasteiger partial charge in [0.2, 0.25) is 0 Å². The van der Waals surface area contributed by atoms with Gasteiger partial charge in [0.1, 0.15) is 17.3 Å². The second kappa shape index (κ2) is 9.93. The molecule has 1 unspecified atom stereocenters. The number of amides is 1. The van der Waals surface area contributed by atoms with Crippen LogP contribution in [0.3, 0.4) is 0 Å². The molecular formula is C24H27FN4O3. The first-order chi connectivity index (χ1) is 15.5. The summed E-state index contributed by atoms with van der Waals surface area (Å²) in [7, 11) is 1.60. The van der Waals surface area contributed by atoms with E-state index in [4.69, 9.17) is 9.47 Å². The Hall–Kier alpha value is -3.23. The van der Waals surface area contributed by atoms with Crippen molar-refractivity contribution in [3.8, 4) is 11.4 Å². The molecule has 1 aliphatic heterocycles. The van der Waals surface area contributed by atoms with Crippen LogP contribution in [0.1, 0.15) is 27.7 Å². The molecule has 1 aliphatic rings. The van der Waals surface area contributed by atoms with E-state index in [0.717, 1.165) is 29.9 Å². The van der Waals surface area contributed by atoms with E-state index in [-0.39, 0.29) is 17.8 Å². The maximum atomic E-state index is 13.4. The molecule has 0 aliphatic carbocycles.